The van der Waals surface area contributed by atoms with Crippen LogP contribution in [-0.2, 0) is 4.79 Å². The van der Waals surface area contributed by atoms with Crippen LogP contribution in [0.5, 0.6) is 5.75 Å². The van der Waals surface area contributed by atoms with Crippen LogP contribution in [0.1, 0.15) is 32.3 Å². The number of ether oxygens (including phenoxy) is 1. The summed E-state index contributed by atoms with van der Waals surface area (Å²) in [6.45, 7) is 4.22. The van der Waals surface area contributed by atoms with E-state index in [1.165, 1.54) is 0 Å². The lowest BCUT2D eigenvalue weighted by Gasteiger charge is -2.33. The Morgan fingerprint density at radius 2 is 2.24 bits per heavy atom. The molecular formula is C17H23NO3. The molecule has 1 amide bonds. The van der Waals surface area contributed by atoms with E-state index in [-0.39, 0.29) is 11.9 Å². The third kappa shape index (κ3) is 3.85. The van der Waals surface area contributed by atoms with E-state index in [1.54, 1.807) is 38.0 Å². The second-order valence-electron chi connectivity index (χ2n) is 5.95. The molecule has 0 bridgehead atoms. The van der Waals surface area contributed by atoms with E-state index in [2.05, 4.69) is 0 Å². The van der Waals surface area contributed by atoms with Gasteiger partial charge in [0.2, 0.25) is 5.91 Å². The van der Waals surface area contributed by atoms with Crippen LogP contribution in [0.4, 0.5) is 0 Å². The van der Waals surface area contributed by atoms with E-state index in [0.29, 0.717) is 6.54 Å². The van der Waals surface area contributed by atoms with Crippen molar-refractivity contribution in [2.45, 2.75) is 38.3 Å². The number of methoxy groups -OCH3 is 1. The summed E-state index contributed by atoms with van der Waals surface area (Å²) >= 11 is 0. The summed E-state index contributed by atoms with van der Waals surface area (Å²) < 4.78 is 5.16. The molecule has 1 N–H and O–H groups in total. The molecule has 0 spiro atoms. The molecule has 1 atom stereocenters. The third-order valence-electron chi connectivity index (χ3n) is 3.86. The second kappa shape index (κ2) is 6.31. The largest absolute Gasteiger partial charge is 0.497 e. The summed E-state index contributed by atoms with van der Waals surface area (Å²) in [7, 11) is 1.62. The predicted molar refractivity (Wildman–Crippen MR) is 83.1 cm³/mol. The molecule has 114 valence electrons. The van der Waals surface area contributed by atoms with Gasteiger partial charge in [-0.2, -0.15) is 0 Å². The third-order valence-corrected chi connectivity index (χ3v) is 3.86. The van der Waals surface area contributed by atoms with Crippen molar-refractivity contribution < 1.29 is 14.6 Å². The maximum Gasteiger partial charge on any atom is 0.246 e. The van der Waals surface area contributed by atoms with Crippen LogP contribution in [0.15, 0.2) is 30.3 Å². The highest BCUT2D eigenvalue weighted by atomic mass is 16.5. The van der Waals surface area contributed by atoms with E-state index >= 15 is 0 Å². The number of carbonyl (C=O) groups excluding carboxylic acids is 1. The standard InChI is InChI=1S/C17H23NO3/c1-17(2,20)15-8-5-11-18(15)16(19)10-9-13-6-4-7-14(12-13)21-3/h4,6-7,9-10,12,15,20H,5,8,11H2,1-3H3/b10-9+. The van der Waals surface area contributed by atoms with Crippen molar-refractivity contribution in [3.8, 4) is 5.75 Å². The van der Waals surface area contributed by atoms with Gasteiger partial charge in [-0.25, -0.2) is 0 Å². The summed E-state index contributed by atoms with van der Waals surface area (Å²) in [5, 5.41) is 10.2. The number of aliphatic hydroxyl groups is 1. The Hall–Kier alpha value is -1.81. The maximum atomic E-state index is 12.3. The number of nitrogens with zero attached hydrogens (tertiary/aromatic N) is 1. The molecule has 4 heteroatoms. The molecular weight excluding hydrogens is 266 g/mol. The number of benzene rings is 1. The maximum absolute atomic E-state index is 12.3. The summed E-state index contributed by atoms with van der Waals surface area (Å²) in [5.41, 5.74) is 0.0531. The van der Waals surface area contributed by atoms with Gasteiger partial charge in [-0.15, -0.1) is 0 Å². The summed E-state index contributed by atoms with van der Waals surface area (Å²) in [4.78, 5) is 14.1. The lowest BCUT2D eigenvalue weighted by molar-refractivity contribution is -0.131. The summed E-state index contributed by atoms with van der Waals surface area (Å²) in [6, 6.07) is 7.44. The van der Waals surface area contributed by atoms with E-state index in [4.69, 9.17) is 4.74 Å². The quantitative estimate of drug-likeness (QED) is 0.866. The zero-order valence-corrected chi connectivity index (χ0v) is 12.9. The lowest BCUT2D eigenvalue weighted by Crippen LogP contribution is -2.47. The van der Waals surface area contributed by atoms with Gasteiger partial charge in [-0.3, -0.25) is 4.79 Å². The molecule has 1 fully saturated rings. The van der Waals surface area contributed by atoms with Crippen molar-refractivity contribution in [2.24, 2.45) is 0 Å². The predicted octanol–water partition coefficient (Wildman–Crippen LogP) is 2.47. The van der Waals surface area contributed by atoms with Crippen molar-refractivity contribution >= 4 is 12.0 Å². The number of hydrogen-bond acceptors (Lipinski definition) is 3. The van der Waals surface area contributed by atoms with Crippen LogP contribution in [0.25, 0.3) is 6.08 Å². The Morgan fingerprint density at radius 1 is 1.48 bits per heavy atom. The fraction of sp³-hybridized carbons (Fsp3) is 0.471. The first-order valence-electron chi connectivity index (χ1n) is 7.27. The van der Waals surface area contributed by atoms with Crippen molar-refractivity contribution in [3.63, 3.8) is 0 Å². The van der Waals surface area contributed by atoms with Crippen molar-refractivity contribution in [1.82, 2.24) is 4.90 Å². The fourth-order valence-electron chi connectivity index (χ4n) is 2.77. The molecule has 0 aromatic heterocycles. The van der Waals surface area contributed by atoms with Crippen LogP contribution in [0, 0.1) is 0 Å². The Morgan fingerprint density at radius 3 is 2.90 bits per heavy atom. The van der Waals surface area contributed by atoms with Gasteiger partial charge < -0.3 is 14.7 Å². The Bertz CT molecular complexity index is 531. The Labute approximate surface area is 126 Å². The van der Waals surface area contributed by atoms with Gasteiger partial charge in [0.25, 0.3) is 0 Å². The summed E-state index contributed by atoms with van der Waals surface area (Å²) in [5.74, 6) is 0.711. The van der Waals surface area contributed by atoms with E-state index in [0.717, 1.165) is 24.2 Å². The van der Waals surface area contributed by atoms with Gasteiger partial charge in [0.15, 0.2) is 0 Å². The lowest BCUT2D eigenvalue weighted by atomic mass is 9.96. The van der Waals surface area contributed by atoms with Crippen molar-refractivity contribution in [2.75, 3.05) is 13.7 Å². The van der Waals surface area contributed by atoms with Gasteiger partial charge in [-0.1, -0.05) is 12.1 Å². The molecule has 0 aliphatic carbocycles. The zero-order chi connectivity index (χ0) is 15.5. The minimum Gasteiger partial charge on any atom is -0.497 e. The van der Waals surface area contributed by atoms with E-state index in [9.17, 15) is 9.90 Å². The molecule has 4 nitrogen and oxygen atoms in total. The van der Waals surface area contributed by atoms with Crippen molar-refractivity contribution in [1.29, 1.82) is 0 Å². The first-order valence-corrected chi connectivity index (χ1v) is 7.27. The molecule has 21 heavy (non-hydrogen) atoms. The average Bonchev–Trinajstić information content (AvgIpc) is 2.94. The van der Waals surface area contributed by atoms with Crippen LogP contribution in [-0.4, -0.2) is 41.2 Å². The molecule has 1 aromatic rings. The van der Waals surface area contributed by atoms with Crippen LogP contribution in [0.3, 0.4) is 0 Å². The fourth-order valence-corrected chi connectivity index (χ4v) is 2.77. The monoisotopic (exact) mass is 289 g/mol. The minimum atomic E-state index is -0.865. The van der Waals surface area contributed by atoms with Gasteiger partial charge >= 0.3 is 0 Å². The first kappa shape index (κ1) is 15.6. The number of hydrogen-bond donors (Lipinski definition) is 1. The van der Waals surface area contributed by atoms with E-state index in [1.807, 2.05) is 24.3 Å². The van der Waals surface area contributed by atoms with Crippen LogP contribution < -0.4 is 4.74 Å². The minimum absolute atomic E-state index is 0.0533. The van der Waals surface area contributed by atoms with Crippen molar-refractivity contribution in [3.05, 3.63) is 35.9 Å². The topological polar surface area (TPSA) is 49.8 Å². The molecule has 1 heterocycles. The Balaban J connectivity index is 2.08. The molecule has 2 rings (SSSR count). The first-order chi connectivity index (χ1) is 9.91. The molecule has 1 saturated heterocycles. The van der Waals surface area contributed by atoms with Gasteiger partial charge in [0, 0.05) is 12.6 Å². The summed E-state index contributed by atoms with van der Waals surface area (Å²) in [6.07, 6.45) is 5.14. The highest BCUT2D eigenvalue weighted by molar-refractivity contribution is 5.92. The SMILES string of the molecule is COc1cccc(/C=C/C(=O)N2CCCC2C(C)(C)O)c1. The normalized spacial score (nSPS) is 19.2. The van der Waals surface area contributed by atoms with Gasteiger partial charge in [0.05, 0.1) is 18.8 Å². The molecule has 1 aliphatic rings. The van der Waals surface area contributed by atoms with Crippen LogP contribution in [0.2, 0.25) is 0 Å². The second-order valence-corrected chi connectivity index (χ2v) is 5.95. The average molecular weight is 289 g/mol. The van der Waals surface area contributed by atoms with Crippen LogP contribution >= 0.6 is 0 Å². The number of carbonyl (C=O) groups is 1. The van der Waals surface area contributed by atoms with E-state index < -0.39 is 5.60 Å². The number of rotatable bonds is 4. The van der Waals surface area contributed by atoms with Gasteiger partial charge in [-0.05, 0) is 50.5 Å². The Kier molecular flexibility index (Phi) is 4.68. The highest BCUT2D eigenvalue weighted by Crippen LogP contribution is 2.27. The molecule has 1 aromatic carbocycles. The smallest absolute Gasteiger partial charge is 0.246 e. The van der Waals surface area contributed by atoms with Gasteiger partial charge in [0.1, 0.15) is 5.75 Å². The molecule has 1 unspecified atom stereocenters. The zero-order valence-electron chi connectivity index (χ0n) is 12.9. The molecule has 0 saturated carbocycles. The molecule has 0 radical (unpaired) electrons. The number of amides is 1. The molecule has 1 aliphatic heterocycles. The highest BCUT2D eigenvalue weighted by Gasteiger charge is 2.37. The number of likely N-dealkylation sites (tertiary alicyclic amines) is 1.